The molecule has 0 radical (unpaired) electrons. The summed E-state index contributed by atoms with van der Waals surface area (Å²) in [7, 11) is 0. The average Bonchev–Trinajstić information content (AvgIpc) is 3.47. The van der Waals surface area contributed by atoms with E-state index in [0.717, 1.165) is 37.1 Å². The zero-order chi connectivity index (χ0) is 22.0. The number of aliphatic hydroxyl groups excluding tert-OH is 1. The highest BCUT2D eigenvalue weighted by atomic mass is 16.6. The van der Waals surface area contributed by atoms with Crippen molar-refractivity contribution in [2.24, 2.45) is 0 Å². The molecule has 31 heavy (non-hydrogen) atoms. The van der Waals surface area contributed by atoms with Crippen LogP contribution in [0.1, 0.15) is 34.5 Å². The molecule has 1 aliphatic rings. The smallest absolute Gasteiger partial charge is 0.270 e. The first-order valence-corrected chi connectivity index (χ1v) is 10.1. The summed E-state index contributed by atoms with van der Waals surface area (Å²) in [6.07, 6.45) is 2.05. The number of carbonyl (C=O) groups is 1. The summed E-state index contributed by atoms with van der Waals surface area (Å²) in [5.74, 6) is 0.627. The number of nitro groups is 1. The Balaban J connectivity index is 1.67. The Morgan fingerprint density at radius 1 is 1.16 bits per heavy atom. The highest BCUT2D eigenvalue weighted by Gasteiger charge is 2.23. The Labute approximate surface area is 179 Å². The number of amides is 1. The van der Waals surface area contributed by atoms with Crippen molar-refractivity contribution < 1.29 is 19.2 Å². The van der Waals surface area contributed by atoms with E-state index in [-0.39, 0.29) is 17.9 Å². The lowest BCUT2D eigenvalue weighted by atomic mass is 10.1. The molecular formula is C23H23N3O5. The van der Waals surface area contributed by atoms with Crippen molar-refractivity contribution in [2.45, 2.75) is 26.4 Å². The second-order valence-corrected chi connectivity index (χ2v) is 7.56. The normalized spacial score (nSPS) is 13.4. The van der Waals surface area contributed by atoms with Gasteiger partial charge >= 0.3 is 0 Å². The third-order valence-corrected chi connectivity index (χ3v) is 5.47. The minimum Gasteiger partial charge on any atom is -0.459 e. The van der Waals surface area contributed by atoms with E-state index >= 15 is 0 Å². The largest absolute Gasteiger partial charge is 0.459 e. The second kappa shape index (κ2) is 8.61. The highest BCUT2D eigenvalue weighted by molar-refractivity contribution is 6.09. The van der Waals surface area contributed by atoms with Crippen LogP contribution in [0.3, 0.4) is 0 Å². The molecule has 1 aromatic heterocycles. The molecule has 2 aromatic carbocycles. The van der Waals surface area contributed by atoms with E-state index in [9.17, 15) is 20.0 Å². The minimum atomic E-state index is -0.494. The predicted molar refractivity (Wildman–Crippen MR) is 117 cm³/mol. The van der Waals surface area contributed by atoms with Gasteiger partial charge in [0, 0.05) is 36.5 Å². The fourth-order valence-corrected chi connectivity index (χ4v) is 3.77. The van der Waals surface area contributed by atoms with Crippen LogP contribution in [-0.4, -0.2) is 29.0 Å². The topological polar surface area (TPSA) is 109 Å². The van der Waals surface area contributed by atoms with Crippen molar-refractivity contribution in [1.29, 1.82) is 0 Å². The Kier molecular flexibility index (Phi) is 5.73. The van der Waals surface area contributed by atoms with Gasteiger partial charge in [-0.2, -0.15) is 0 Å². The monoisotopic (exact) mass is 421 g/mol. The molecule has 0 aliphatic carbocycles. The zero-order valence-electron chi connectivity index (χ0n) is 17.1. The molecule has 4 rings (SSSR count). The molecule has 3 aromatic rings. The Bertz CT molecular complexity index is 1130. The summed E-state index contributed by atoms with van der Waals surface area (Å²) in [5, 5.41) is 23.4. The minimum absolute atomic E-state index is 0.120. The molecule has 0 unspecified atom stereocenters. The van der Waals surface area contributed by atoms with Crippen LogP contribution in [0.2, 0.25) is 0 Å². The quantitative estimate of drug-likeness (QED) is 0.448. The van der Waals surface area contributed by atoms with Gasteiger partial charge in [0.1, 0.15) is 18.1 Å². The van der Waals surface area contributed by atoms with Crippen molar-refractivity contribution in [3.8, 4) is 11.3 Å². The number of furan rings is 1. The maximum absolute atomic E-state index is 13.2. The van der Waals surface area contributed by atoms with E-state index in [1.165, 1.54) is 12.1 Å². The van der Waals surface area contributed by atoms with Crippen molar-refractivity contribution in [3.63, 3.8) is 0 Å². The summed E-state index contributed by atoms with van der Waals surface area (Å²) in [6.45, 7) is 3.31. The summed E-state index contributed by atoms with van der Waals surface area (Å²) < 4.78 is 5.59. The molecule has 0 spiro atoms. The van der Waals surface area contributed by atoms with Crippen LogP contribution < -0.4 is 10.2 Å². The van der Waals surface area contributed by atoms with Crippen LogP contribution in [0.15, 0.2) is 52.9 Å². The van der Waals surface area contributed by atoms with Crippen LogP contribution in [0.5, 0.6) is 0 Å². The van der Waals surface area contributed by atoms with E-state index in [2.05, 4.69) is 10.2 Å². The number of nitrogens with zero attached hydrogens (tertiary/aromatic N) is 2. The van der Waals surface area contributed by atoms with E-state index in [1.807, 2.05) is 19.1 Å². The van der Waals surface area contributed by atoms with Crippen molar-refractivity contribution >= 4 is 23.0 Å². The fraction of sp³-hybridized carbons (Fsp3) is 0.261. The third-order valence-electron chi connectivity index (χ3n) is 5.47. The van der Waals surface area contributed by atoms with Crippen LogP contribution in [0.25, 0.3) is 11.3 Å². The lowest BCUT2D eigenvalue weighted by Crippen LogP contribution is -2.23. The van der Waals surface area contributed by atoms with Gasteiger partial charge in [-0.3, -0.25) is 14.9 Å². The first-order chi connectivity index (χ1) is 15.0. The first kappa shape index (κ1) is 20.6. The van der Waals surface area contributed by atoms with Gasteiger partial charge in [0.15, 0.2) is 0 Å². The molecule has 2 heterocycles. The van der Waals surface area contributed by atoms with Gasteiger partial charge < -0.3 is 19.7 Å². The number of hydrogen-bond donors (Lipinski definition) is 2. The number of hydrogen-bond acceptors (Lipinski definition) is 6. The van der Waals surface area contributed by atoms with E-state index in [1.54, 1.807) is 24.3 Å². The third kappa shape index (κ3) is 4.29. The Morgan fingerprint density at radius 2 is 1.94 bits per heavy atom. The SMILES string of the molecule is Cc1ccc(-c2ccc(CO)o2)cc1NC(=O)c1cc([N+](=O)[O-])ccc1N1CCCC1. The van der Waals surface area contributed by atoms with Crippen LogP contribution in [0, 0.1) is 17.0 Å². The summed E-state index contributed by atoms with van der Waals surface area (Å²) >= 11 is 0. The second-order valence-electron chi connectivity index (χ2n) is 7.56. The van der Waals surface area contributed by atoms with E-state index < -0.39 is 10.8 Å². The molecule has 1 saturated heterocycles. The number of anilines is 2. The molecule has 1 fully saturated rings. The number of aliphatic hydroxyl groups is 1. The average molecular weight is 421 g/mol. The van der Waals surface area contributed by atoms with Gasteiger partial charge in [0.25, 0.3) is 11.6 Å². The lowest BCUT2D eigenvalue weighted by Gasteiger charge is -2.21. The maximum Gasteiger partial charge on any atom is 0.270 e. The van der Waals surface area contributed by atoms with E-state index in [4.69, 9.17) is 4.42 Å². The number of non-ortho nitro benzene ring substituents is 1. The maximum atomic E-state index is 13.2. The molecule has 8 nitrogen and oxygen atoms in total. The molecule has 2 N–H and O–H groups in total. The number of rotatable bonds is 6. The van der Waals surface area contributed by atoms with Gasteiger partial charge in [-0.1, -0.05) is 12.1 Å². The van der Waals surface area contributed by atoms with Crippen LogP contribution in [0.4, 0.5) is 17.1 Å². The summed E-state index contributed by atoms with van der Waals surface area (Å²) in [6, 6.07) is 13.4. The predicted octanol–water partition coefficient (Wildman–Crippen LogP) is 4.51. The molecule has 8 heteroatoms. The van der Waals surface area contributed by atoms with Crippen molar-refractivity contribution in [2.75, 3.05) is 23.3 Å². The number of carbonyl (C=O) groups excluding carboxylic acids is 1. The zero-order valence-corrected chi connectivity index (χ0v) is 17.1. The highest BCUT2D eigenvalue weighted by Crippen LogP contribution is 2.31. The van der Waals surface area contributed by atoms with Crippen molar-refractivity contribution in [3.05, 3.63) is 75.5 Å². The number of nitro benzene ring substituents is 1. The van der Waals surface area contributed by atoms with Crippen molar-refractivity contribution in [1.82, 2.24) is 0 Å². The first-order valence-electron chi connectivity index (χ1n) is 10.1. The summed E-state index contributed by atoms with van der Waals surface area (Å²) in [4.78, 5) is 26.1. The van der Waals surface area contributed by atoms with Gasteiger partial charge in [-0.15, -0.1) is 0 Å². The van der Waals surface area contributed by atoms with E-state index in [0.29, 0.717) is 22.9 Å². The molecule has 1 amide bonds. The number of aryl methyl sites for hydroxylation is 1. The van der Waals surface area contributed by atoms with Crippen LogP contribution >= 0.6 is 0 Å². The Morgan fingerprint density at radius 3 is 2.61 bits per heavy atom. The van der Waals surface area contributed by atoms with Gasteiger partial charge in [0.05, 0.1) is 16.2 Å². The number of nitrogens with one attached hydrogen (secondary N) is 1. The molecule has 1 aliphatic heterocycles. The van der Waals surface area contributed by atoms with Gasteiger partial charge in [0.2, 0.25) is 0 Å². The molecular weight excluding hydrogens is 398 g/mol. The van der Waals surface area contributed by atoms with Gasteiger partial charge in [-0.25, -0.2) is 0 Å². The standard InChI is InChI=1S/C23H23N3O5/c1-15-4-5-16(22-9-7-18(14-27)31-22)12-20(15)24-23(28)19-13-17(26(29)30)6-8-21(19)25-10-2-3-11-25/h4-9,12-13,27H,2-3,10-11,14H2,1H3,(H,24,28). The van der Waals surface area contributed by atoms with Crippen LogP contribution in [-0.2, 0) is 6.61 Å². The number of benzene rings is 2. The van der Waals surface area contributed by atoms with Gasteiger partial charge in [-0.05, 0) is 49.6 Å². The summed E-state index contributed by atoms with van der Waals surface area (Å²) in [5.41, 5.74) is 3.04. The lowest BCUT2D eigenvalue weighted by molar-refractivity contribution is -0.384. The molecule has 0 bridgehead atoms. The molecule has 0 atom stereocenters. The molecule has 160 valence electrons. The Hall–Kier alpha value is -3.65. The molecule has 0 saturated carbocycles. The fourth-order valence-electron chi connectivity index (χ4n) is 3.77.